The van der Waals surface area contributed by atoms with Crippen molar-refractivity contribution in [3.05, 3.63) is 69.8 Å². The molecule has 0 amide bonds. The molecule has 0 fully saturated rings. The molecule has 7 nitrogen and oxygen atoms in total. The third-order valence-electron chi connectivity index (χ3n) is 3.69. The Morgan fingerprint density at radius 2 is 2.00 bits per heavy atom. The summed E-state index contributed by atoms with van der Waals surface area (Å²) in [5, 5.41) is 17.2. The molecule has 0 aliphatic heterocycles. The van der Waals surface area contributed by atoms with E-state index in [1.807, 2.05) is 44.2 Å². The van der Waals surface area contributed by atoms with Crippen LogP contribution in [0.4, 0.5) is 5.69 Å². The molecule has 0 aromatic heterocycles. The zero-order valence-corrected chi connectivity index (χ0v) is 15.2. The van der Waals surface area contributed by atoms with Gasteiger partial charge in [-0.1, -0.05) is 24.3 Å². The zero-order chi connectivity index (χ0) is 18.9. The van der Waals surface area contributed by atoms with Crippen LogP contribution in [-0.2, 0) is 6.54 Å². The highest BCUT2D eigenvalue weighted by Crippen LogP contribution is 2.14. The smallest absolute Gasteiger partial charge is 0.269 e. The largest absolute Gasteiger partial charge is 0.489 e. The molecular formula is C19H24N4O3. The summed E-state index contributed by atoms with van der Waals surface area (Å²) in [4.78, 5) is 14.6. The standard InChI is InChI=1S/C19H24N4O3/c1-14-6-4-9-18(10-14)26-15(2)12-21-19(20-3)22-13-16-7-5-8-17(11-16)23(24)25/h4-11,15H,12-13H2,1-3H3,(H2,20,21,22). The van der Waals surface area contributed by atoms with Gasteiger partial charge in [0.1, 0.15) is 11.9 Å². The van der Waals surface area contributed by atoms with Crippen LogP contribution in [0.2, 0.25) is 0 Å². The molecule has 0 spiro atoms. The second-order valence-electron chi connectivity index (χ2n) is 5.98. The Balaban J connectivity index is 1.82. The SMILES string of the molecule is CN=C(NCc1cccc([N+](=O)[O-])c1)NCC(C)Oc1cccc(C)c1. The van der Waals surface area contributed by atoms with Crippen molar-refractivity contribution in [3.8, 4) is 5.75 Å². The molecule has 1 unspecified atom stereocenters. The van der Waals surface area contributed by atoms with Crippen LogP contribution < -0.4 is 15.4 Å². The summed E-state index contributed by atoms with van der Waals surface area (Å²) in [6, 6.07) is 14.4. The number of aliphatic imine (C=N–C) groups is 1. The highest BCUT2D eigenvalue weighted by Gasteiger charge is 2.08. The van der Waals surface area contributed by atoms with Crippen LogP contribution in [0.1, 0.15) is 18.1 Å². The number of rotatable bonds is 7. The minimum atomic E-state index is -0.402. The van der Waals surface area contributed by atoms with Crippen molar-refractivity contribution >= 4 is 11.6 Å². The summed E-state index contributed by atoms with van der Waals surface area (Å²) >= 11 is 0. The Kier molecular flexibility index (Phi) is 6.96. The van der Waals surface area contributed by atoms with Crippen LogP contribution in [0, 0.1) is 17.0 Å². The van der Waals surface area contributed by atoms with E-state index < -0.39 is 4.92 Å². The van der Waals surface area contributed by atoms with Crippen molar-refractivity contribution in [2.45, 2.75) is 26.5 Å². The van der Waals surface area contributed by atoms with Gasteiger partial charge in [-0.05, 0) is 37.1 Å². The van der Waals surface area contributed by atoms with Gasteiger partial charge in [-0.3, -0.25) is 15.1 Å². The van der Waals surface area contributed by atoms with Gasteiger partial charge in [0.15, 0.2) is 5.96 Å². The van der Waals surface area contributed by atoms with Gasteiger partial charge in [0.25, 0.3) is 5.69 Å². The maximum Gasteiger partial charge on any atom is 0.269 e. The first-order chi connectivity index (χ1) is 12.5. The Hall–Kier alpha value is -3.09. The van der Waals surface area contributed by atoms with E-state index in [0.29, 0.717) is 19.0 Å². The first kappa shape index (κ1) is 19.2. The molecule has 0 radical (unpaired) electrons. The monoisotopic (exact) mass is 356 g/mol. The summed E-state index contributed by atoms with van der Waals surface area (Å²) in [6.07, 6.45) is -0.0480. The minimum Gasteiger partial charge on any atom is -0.489 e. The molecule has 2 N–H and O–H groups in total. The molecule has 0 heterocycles. The number of benzene rings is 2. The van der Waals surface area contributed by atoms with Crippen molar-refractivity contribution in [3.63, 3.8) is 0 Å². The van der Waals surface area contributed by atoms with Gasteiger partial charge in [-0.25, -0.2) is 0 Å². The maximum absolute atomic E-state index is 10.8. The molecular weight excluding hydrogens is 332 g/mol. The Morgan fingerprint density at radius 3 is 2.69 bits per heavy atom. The Labute approximate surface area is 153 Å². The van der Waals surface area contributed by atoms with Crippen LogP contribution in [0.25, 0.3) is 0 Å². The van der Waals surface area contributed by atoms with Crippen molar-refractivity contribution < 1.29 is 9.66 Å². The van der Waals surface area contributed by atoms with Gasteiger partial charge in [0.2, 0.25) is 0 Å². The highest BCUT2D eigenvalue weighted by molar-refractivity contribution is 5.79. The second kappa shape index (κ2) is 9.41. The van der Waals surface area contributed by atoms with Crippen LogP contribution >= 0.6 is 0 Å². The highest BCUT2D eigenvalue weighted by atomic mass is 16.6. The van der Waals surface area contributed by atoms with Gasteiger partial charge in [0.05, 0.1) is 11.5 Å². The number of guanidine groups is 1. The lowest BCUT2D eigenvalue weighted by Crippen LogP contribution is -2.41. The summed E-state index contributed by atoms with van der Waals surface area (Å²) < 4.78 is 5.87. The van der Waals surface area contributed by atoms with Crippen molar-refractivity contribution in [2.24, 2.45) is 4.99 Å². The van der Waals surface area contributed by atoms with E-state index in [1.165, 1.54) is 6.07 Å². The van der Waals surface area contributed by atoms with E-state index in [1.54, 1.807) is 19.2 Å². The molecule has 2 aromatic carbocycles. The third-order valence-corrected chi connectivity index (χ3v) is 3.69. The molecule has 2 rings (SSSR count). The van der Waals surface area contributed by atoms with E-state index in [4.69, 9.17) is 4.74 Å². The molecule has 0 aliphatic rings. The van der Waals surface area contributed by atoms with E-state index in [-0.39, 0.29) is 11.8 Å². The number of ether oxygens (including phenoxy) is 1. The van der Waals surface area contributed by atoms with Gasteiger partial charge >= 0.3 is 0 Å². The molecule has 2 aromatic rings. The third kappa shape index (κ3) is 6.08. The molecule has 7 heteroatoms. The molecule has 0 aliphatic carbocycles. The van der Waals surface area contributed by atoms with E-state index in [0.717, 1.165) is 16.9 Å². The lowest BCUT2D eigenvalue weighted by Gasteiger charge is -2.18. The first-order valence-corrected chi connectivity index (χ1v) is 8.39. The zero-order valence-electron chi connectivity index (χ0n) is 15.2. The molecule has 0 bridgehead atoms. The van der Waals surface area contributed by atoms with Gasteiger partial charge in [-0.2, -0.15) is 0 Å². The summed E-state index contributed by atoms with van der Waals surface area (Å²) in [5.74, 6) is 1.44. The summed E-state index contributed by atoms with van der Waals surface area (Å²) in [7, 11) is 1.68. The summed E-state index contributed by atoms with van der Waals surface area (Å²) in [5.41, 5.74) is 2.04. The van der Waals surface area contributed by atoms with E-state index in [9.17, 15) is 10.1 Å². The normalized spacial score (nSPS) is 12.3. The van der Waals surface area contributed by atoms with E-state index >= 15 is 0 Å². The fourth-order valence-electron chi connectivity index (χ4n) is 2.39. The van der Waals surface area contributed by atoms with E-state index in [2.05, 4.69) is 15.6 Å². The van der Waals surface area contributed by atoms with Gasteiger partial charge in [0, 0.05) is 25.7 Å². The Morgan fingerprint density at radius 1 is 1.23 bits per heavy atom. The average molecular weight is 356 g/mol. The number of nitro benzene ring substituents is 1. The maximum atomic E-state index is 10.8. The average Bonchev–Trinajstić information content (AvgIpc) is 2.62. The van der Waals surface area contributed by atoms with Gasteiger partial charge < -0.3 is 15.4 Å². The number of hydrogen-bond acceptors (Lipinski definition) is 4. The van der Waals surface area contributed by atoms with Crippen molar-refractivity contribution in [1.82, 2.24) is 10.6 Å². The predicted molar refractivity (Wildman–Crippen MR) is 103 cm³/mol. The van der Waals surface area contributed by atoms with Crippen LogP contribution in [-0.4, -0.2) is 30.6 Å². The number of nitro groups is 1. The molecule has 138 valence electrons. The molecule has 0 saturated heterocycles. The Bertz CT molecular complexity index is 777. The number of aryl methyl sites for hydroxylation is 1. The second-order valence-corrected chi connectivity index (χ2v) is 5.98. The predicted octanol–water partition coefficient (Wildman–Crippen LogP) is 3.04. The molecule has 26 heavy (non-hydrogen) atoms. The fraction of sp³-hybridized carbons (Fsp3) is 0.316. The quantitative estimate of drug-likeness (QED) is 0.344. The molecule has 1 atom stereocenters. The first-order valence-electron chi connectivity index (χ1n) is 8.39. The number of non-ortho nitro benzene ring substituents is 1. The van der Waals surface area contributed by atoms with Crippen molar-refractivity contribution in [1.29, 1.82) is 0 Å². The van der Waals surface area contributed by atoms with Crippen LogP contribution in [0.5, 0.6) is 5.75 Å². The van der Waals surface area contributed by atoms with Crippen LogP contribution in [0.15, 0.2) is 53.5 Å². The lowest BCUT2D eigenvalue weighted by molar-refractivity contribution is -0.384. The number of hydrogen-bond donors (Lipinski definition) is 2. The summed E-state index contributed by atoms with van der Waals surface area (Å²) in [6.45, 7) is 5.01. The van der Waals surface area contributed by atoms with Gasteiger partial charge in [-0.15, -0.1) is 0 Å². The minimum absolute atomic E-state index is 0.0480. The fourth-order valence-corrected chi connectivity index (χ4v) is 2.39. The van der Waals surface area contributed by atoms with Crippen LogP contribution in [0.3, 0.4) is 0 Å². The molecule has 0 saturated carbocycles. The number of nitrogens with one attached hydrogen (secondary N) is 2. The topological polar surface area (TPSA) is 88.8 Å². The number of nitrogens with zero attached hydrogens (tertiary/aromatic N) is 2. The lowest BCUT2D eigenvalue weighted by atomic mass is 10.2. The van der Waals surface area contributed by atoms with Crippen molar-refractivity contribution in [2.75, 3.05) is 13.6 Å².